The molecule has 0 unspecified atom stereocenters. The molecule has 30 heteroatoms. The molecule has 448 valence electrons. The van der Waals surface area contributed by atoms with Gasteiger partial charge >= 0.3 is 29.1 Å². The van der Waals surface area contributed by atoms with Crippen molar-refractivity contribution < 1.29 is 57.2 Å². The fraction of sp³-hybridized carbons (Fsp3) is 0.528. The zero-order valence-corrected chi connectivity index (χ0v) is 47.1. The molecule has 0 saturated carbocycles. The van der Waals surface area contributed by atoms with Gasteiger partial charge < -0.3 is 55.6 Å². The van der Waals surface area contributed by atoms with Crippen molar-refractivity contribution in [3.05, 3.63) is 134 Å². The van der Waals surface area contributed by atoms with Crippen LogP contribution in [0.4, 0.5) is 4.79 Å². The lowest BCUT2D eigenvalue weighted by Gasteiger charge is -2.27. The molecule has 4 aromatic rings. The number of aromatic amines is 3. The van der Waals surface area contributed by atoms with Gasteiger partial charge in [-0.05, 0) is 59.9 Å². The van der Waals surface area contributed by atoms with Gasteiger partial charge in [0, 0.05) is 61.0 Å². The molecule has 12 atom stereocenters. The molecule has 3 aliphatic heterocycles. The van der Waals surface area contributed by atoms with E-state index in [0.717, 1.165) is 20.8 Å². The molecule has 6 heterocycles. The Morgan fingerprint density at radius 3 is 1.40 bits per heavy atom. The van der Waals surface area contributed by atoms with Crippen LogP contribution in [0.15, 0.2) is 77.7 Å². The van der Waals surface area contributed by atoms with Crippen LogP contribution in [0.1, 0.15) is 102 Å². The minimum absolute atomic E-state index is 0.0877. The van der Waals surface area contributed by atoms with Crippen LogP contribution >= 0.6 is 0 Å². The minimum Gasteiger partial charge on any atom is -0.467 e. The molecule has 30 nitrogen and oxygen atoms in total. The molecule has 7 rings (SSSR count). The Labute approximate surface area is 471 Å². The minimum atomic E-state index is -1.71. The van der Waals surface area contributed by atoms with Gasteiger partial charge in [-0.25, -0.2) is 24.0 Å². The van der Waals surface area contributed by atoms with Gasteiger partial charge in [0.2, 0.25) is 11.8 Å². The monoisotopic (exact) mass is 1160 g/mol. The van der Waals surface area contributed by atoms with Gasteiger partial charge in [-0.3, -0.25) is 67.0 Å². The molecule has 1 aromatic carbocycles. The van der Waals surface area contributed by atoms with E-state index in [4.69, 9.17) is 23.7 Å². The van der Waals surface area contributed by atoms with Gasteiger partial charge in [0.15, 0.2) is 18.3 Å². The Hall–Kier alpha value is -8.77. The number of aromatic nitrogens is 6. The lowest BCUT2D eigenvalue weighted by Crippen LogP contribution is -2.59. The van der Waals surface area contributed by atoms with Crippen LogP contribution in [-0.2, 0) is 58.9 Å². The predicted molar refractivity (Wildman–Crippen MR) is 289 cm³/mol. The fourth-order valence-corrected chi connectivity index (χ4v) is 9.64. The molecule has 0 bridgehead atoms. The van der Waals surface area contributed by atoms with Crippen molar-refractivity contribution in [1.82, 2.24) is 60.6 Å². The Morgan fingerprint density at radius 2 is 0.988 bits per heavy atom. The zero-order chi connectivity index (χ0) is 60.9. The van der Waals surface area contributed by atoms with E-state index in [0.29, 0.717) is 5.56 Å². The molecule has 9 N–H and O–H groups in total. The number of nitrogens with one attached hydrogen (secondary N) is 9. The number of alkyl carbamates (subject to hydrolysis) is 1. The number of rotatable bonds is 18. The highest BCUT2D eigenvalue weighted by Crippen LogP contribution is 2.32. The van der Waals surface area contributed by atoms with Crippen molar-refractivity contribution in [2.45, 2.75) is 167 Å². The second-order valence-electron chi connectivity index (χ2n) is 21.9. The molecular weight excluding hydrogens is 1090 g/mol. The molecule has 3 aliphatic rings. The number of amides is 6. The summed E-state index contributed by atoms with van der Waals surface area (Å²) in [5.41, 5.74) is -4.77. The summed E-state index contributed by atoms with van der Waals surface area (Å²) in [6.07, 6.45) is -6.85. The van der Waals surface area contributed by atoms with Gasteiger partial charge in [0.05, 0.1) is 25.2 Å². The second kappa shape index (κ2) is 25.6. The average Bonchev–Trinajstić information content (AvgIpc) is 4.17. The summed E-state index contributed by atoms with van der Waals surface area (Å²) in [4.78, 5) is 180. The molecule has 83 heavy (non-hydrogen) atoms. The number of carbonyl (C=O) groups excluding carboxylic acids is 7. The van der Waals surface area contributed by atoms with Gasteiger partial charge in [-0.15, -0.1) is 0 Å². The first kappa shape index (κ1) is 61.8. The normalized spacial score (nSPS) is 23.3. The van der Waals surface area contributed by atoms with Gasteiger partial charge in [0.1, 0.15) is 42.4 Å². The summed E-state index contributed by atoms with van der Waals surface area (Å²) in [6, 6.07) is 0.549. The number of esters is 1. The Balaban J connectivity index is 1.15. The van der Waals surface area contributed by atoms with Crippen LogP contribution in [0.3, 0.4) is 0 Å². The molecule has 3 aromatic heterocycles. The third-order valence-corrected chi connectivity index (χ3v) is 14.0. The topological polar surface area (TPSA) is 402 Å². The largest absolute Gasteiger partial charge is 0.467 e. The van der Waals surface area contributed by atoms with E-state index in [1.54, 1.807) is 65.0 Å². The van der Waals surface area contributed by atoms with E-state index in [1.807, 2.05) is 0 Å². The standard InChI is InChI=1S/C53H68N12O18/c1-23(2)36(48(74)79-10)59-47(73)38-30(18-34(81-38)64-21-25(4)41(67)61-50(64)76)56-44(70)32(16-28-14-12-11-13-15-28)57-46(72)37-29(17-33(80-37)63-20-24(3)40(66)60-49(63)75)55-43(69)27(6)54-45(71)39-31(58-52(78)83-53(7,8)9)19-35(82-39)65-22-26(5)42(68)62-51(65)77/h11-15,20-23,27,29-39H,16-19H2,1-10H3,(H,54,71)(H,55,69)(H,56,70)(H,57,72)(H,58,78)(H,59,73)(H,60,66,75)(H,61,67,76)(H,62,68,77)/t27-,29-,30-,31-,32-,33+,34+,35+,36-,37-,38-,39-/m0/s1. The van der Waals surface area contributed by atoms with Crippen molar-refractivity contribution in [3.8, 4) is 0 Å². The number of H-pyrrole nitrogens is 3. The molecule has 0 radical (unpaired) electrons. The van der Waals surface area contributed by atoms with E-state index in [-0.39, 0.29) is 42.4 Å². The van der Waals surface area contributed by atoms with Crippen molar-refractivity contribution in [2.24, 2.45) is 5.92 Å². The van der Waals surface area contributed by atoms with E-state index in [9.17, 15) is 62.3 Å². The SMILES string of the molecule is COC(=O)[C@@H](NC(=O)[C@H]1O[C@@H](n2cc(C)c(=O)[nH]c2=O)C[C@@H]1NC(=O)[C@H](Cc1ccccc1)NC(=O)[C@H]1O[C@@H](n2cc(C)c(=O)[nH]c2=O)C[C@@H]1NC(=O)[C@H](C)NC(=O)[C@H]1O[C@@H](n2cc(C)c(=O)[nH]c2=O)C[C@@H]1NC(=O)OC(C)(C)C)C(C)C. The Morgan fingerprint density at radius 1 is 0.590 bits per heavy atom. The summed E-state index contributed by atoms with van der Waals surface area (Å²) < 4.78 is 31.7. The van der Waals surface area contributed by atoms with Gasteiger partial charge in [0.25, 0.3) is 34.4 Å². The number of aryl methyl sites for hydroxylation is 3. The molecule has 3 saturated heterocycles. The first-order valence-electron chi connectivity index (χ1n) is 26.6. The third-order valence-electron chi connectivity index (χ3n) is 14.0. The lowest BCUT2D eigenvalue weighted by molar-refractivity contribution is -0.149. The number of carbonyl (C=O) groups is 7. The quantitative estimate of drug-likeness (QED) is 0.0479. The van der Waals surface area contributed by atoms with Crippen molar-refractivity contribution in [3.63, 3.8) is 0 Å². The van der Waals surface area contributed by atoms with Crippen LogP contribution in [0.5, 0.6) is 0 Å². The average molecular weight is 1160 g/mol. The molecular formula is C53H68N12O18. The number of ether oxygens (including phenoxy) is 5. The summed E-state index contributed by atoms with van der Waals surface area (Å²) in [5.74, 6) is -5.87. The van der Waals surface area contributed by atoms with Crippen molar-refractivity contribution in [1.29, 1.82) is 0 Å². The van der Waals surface area contributed by atoms with Crippen LogP contribution in [-0.4, -0.2) is 138 Å². The molecule has 0 spiro atoms. The third kappa shape index (κ3) is 14.8. The predicted octanol–water partition coefficient (Wildman–Crippen LogP) is -2.17. The van der Waals surface area contributed by atoms with Crippen molar-refractivity contribution in [2.75, 3.05) is 7.11 Å². The van der Waals surface area contributed by atoms with E-state index in [2.05, 4.69) is 46.9 Å². The second-order valence-corrected chi connectivity index (χ2v) is 21.9. The molecule has 3 fully saturated rings. The number of hydrogen-bond acceptors (Lipinski definition) is 18. The summed E-state index contributed by atoms with van der Waals surface area (Å²) >= 11 is 0. The zero-order valence-electron chi connectivity index (χ0n) is 47.1. The maximum atomic E-state index is 14.8. The van der Waals surface area contributed by atoms with E-state index in [1.165, 1.54) is 46.3 Å². The lowest BCUT2D eigenvalue weighted by atomic mass is 10.0. The summed E-state index contributed by atoms with van der Waals surface area (Å²) in [7, 11) is 1.14. The Kier molecular flexibility index (Phi) is 19.1. The van der Waals surface area contributed by atoms with Crippen LogP contribution in [0, 0.1) is 26.7 Å². The maximum Gasteiger partial charge on any atom is 0.407 e. The summed E-state index contributed by atoms with van der Waals surface area (Å²) in [6.45, 7) is 13.7. The van der Waals surface area contributed by atoms with E-state index >= 15 is 0 Å². The molecule has 6 amide bonds. The van der Waals surface area contributed by atoms with Crippen LogP contribution in [0.25, 0.3) is 0 Å². The van der Waals surface area contributed by atoms with Crippen LogP contribution in [0.2, 0.25) is 0 Å². The highest BCUT2D eigenvalue weighted by atomic mass is 16.6. The summed E-state index contributed by atoms with van der Waals surface area (Å²) in [5, 5.41) is 15.9. The van der Waals surface area contributed by atoms with Crippen LogP contribution < -0.4 is 65.6 Å². The van der Waals surface area contributed by atoms with E-state index < -0.39 is 160 Å². The first-order chi connectivity index (χ1) is 39.0. The number of benzene rings is 1. The van der Waals surface area contributed by atoms with Crippen molar-refractivity contribution >= 4 is 41.6 Å². The first-order valence-corrected chi connectivity index (χ1v) is 26.6. The highest BCUT2D eigenvalue weighted by molar-refractivity contribution is 5.93. The smallest absolute Gasteiger partial charge is 0.407 e. The molecule has 0 aliphatic carbocycles. The highest BCUT2D eigenvalue weighted by Gasteiger charge is 2.48. The van der Waals surface area contributed by atoms with Gasteiger partial charge in [-0.2, -0.15) is 0 Å². The fourth-order valence-electron chi connectivity index (χ4n) is 9.64. The van der Waals surface area contributed by atoms with Gasteiger partial charge in [-0.1, -0.05) is 44.2 Å². The number of hydrogen-bond donors (Lipinski definition) is 9. The number of methoxy groups -OCH3 is 1. The number of nitrogens with zero attached hydrogens (tertiary/aromatic N) is 3. The Bertz CT molecular complexity index is 3510. The maximum absolute atomic E-state index is 14.8.